The van der Waals surface area contributed by atoms with Crippen molar-refractivity contribution >= 4 is 23.8 Å². The number of benzene rings is 5. The van der Waals surface area contributed by atoms with Crippen LogP contribution in [-0.4, -0.2) is 0 Å². The fourth-order valence-corrected chi connectivity index (χ4v) is 8.09. The molecule has 0 saturated carbocycles. The fraction of sp³-hybridized carbons (Fsp3) is 0.193. The Morgan fingerprint density at radius 2 is 1.46 bits per heavy atom. The van der Waals surface area contributed by atoms with Crippen LogP contribution in [0.5, 0.6) is 0 Å². The number of allylic oxidation sites excluding steroid dienone is 12. The van der Waals surface area contributed by atoms with Gasteiger partial charge in [0, 0.05) is 5.92 Å². The van der Waals surface area contributed by atoms with E-state index in [1.165, 1.54) is 89.0 Å². The lowest BCUT2D eigenvalue weighted by molar-refractivity contribution is 0.902. The van der Waals surface area contributed by atoms with Gasteiger partial charge in [-0.15, -0.1) is 0 Å². The van der Waals surface area contributed by atoms with Crippen LogP contribution in [0.3, 0.4) is 0 Å². The summed E-state index contributed by atoms with van der Waals surface area (Å²) in [5, 5.41) is 0. The molecule has 2 aliphatic rings. The summed E-state index contributed by atoms with van der Waals surface area (Å²) in [6, 6.07) is 38.0. The molecule has 5 aromatic carbocycles. The quantitative estimate of drug-likeness (QED) is 0.118. The van der Waals surface area contributed by atoms with E-state index in [2.05, 4.69) is 218 Å². The van der Waals surface area contributed by atoms with Gasteiger partial charge < -0.3 is 0 Å². The molecule has 2 atom stereocenters. The highest BCUT2D eigenvalue weighted by molar-refractivity contribution is 5.75. The lowest BCUT2D eigenvalue weighted by Gasteiger charge is -2.19. The van der Waals surface area contributed by atoms with E-state index in [1.807, 2.05) is 0 Å². The minimum Gasteiger partial charge on any atom is -0.0915 e. The molecule has 2 aliphatic carbocycles. The average molecular weight is 741 g/mol. The molecule has 0 heteroatoms. The zero-order valence-electron chi connectivity index (χ0n) is 34.6. The van der Waals surface area contributed by atoms with Crippen molar-refractivity contribution < 1.29 is 0 Å². The molecule has 0 nitrogen and oxygen atoms in total. The molecule has 0 aliphatic heterocycles. The van der Waals surface area contributed by atoms with Gasteiger partial charge in [-0.05, 0) is 147 Å². The summed E-state index contributed by atoms with van der Waals surface area (Å²) in [7, 11) is 0. The summed E-state index contributed by atoms with van der Waals surface area (Å²) in [6.07, 6.45) is 27.8. The van der Waals surface area contributed by atoms with Gasteiger partial charge in [-0.1, -0.05) is 190 Å². The Morgan fingerprint density at radius 3 is 2.19 bits per heavy atom. The van der Waals surface area contributed by atoms with Crippen LogP contribution in [0.25, 0.3) is 34.9 Å². The molecule has 0 saturated heterocycles. The minimum atomic E-state index is 0.296. The van der Waals surface area contributed by atoms with Crippen molar-refractivity contribution in [1.82, 2.24) is 0 Å². The van der Waals surface area contributed by atoms with Crippen LogP contribution in [0.1, 0.15) is 107 Å². The van der Waals surface area contributed by atoms with Crippen molar-refractivity contribution in [3.05, 3.63) is 236 Å². The predicted octanol–water partition coefficient (Wildman–Crippen LogP) is 15.7. The van der Waals surface area contributed by atoms with Gasteiger partial charge in [0.25, 0.3) is 0 Å². The van der Waals surface area contributed by atoms with Crippen LogP contribution in [-0.2, 0) is 6.42 Å². The molecule has 2 unspecified atom stereocenters. The highest BCUT2D eigenvalue weighted by atomic mass is 14.2. The smallest absolute Gasteiger partial charge is 0.00611 e. The van der Waals surface area contributed by atoms with E-state index < -0.39 is 0 Å². The van der Waals surface area contributed by atoms with Crippen LogP contribution in [0.4, 0.5) is 0 Å². The van der Waals surface area contributed by atoms with Gasteiger partial charge in [0.1, 0.15) is 0 Å². The molecule has 7 rings (SSSR count). The van der Waals surface area contributed by atoms with Crippen molar-refractivity contribution in [3.8, 4) is 11.1 Å². The van der Waals surface area contributed by atoms with Crippen LogP contribution in [0.2, 0.25) is 0 Å². The first-order valence-corrected chi connectivity index (χ1v) is 20.6. The molecule has 0 N–H and O–H groups in total. The second-order valence-corrected chi connectivity index (χ2v) is 15.9. The molecule has 0 radical (unpaired) electrons. The van der Waals surface area contributed by atoms with Crippen molar-refractivity contribution in [2.24, 2.45) is 0 Å². The van der Waals surface area contributed by atoms with Crippen LogP contribution >= 0.6 is 0 Å². The second-order valence-electron chi connectivity index (χ2n) is 15.9. The third-order valence-electron chi connectivity index (χ3n) is 12.3. The first kappa shape index (κ1) is 39.3. The first-order chi connectivity index (χ1) is 27.7. The Kier molecular flexibility index (Phi) is 12.3. The number of rotatable bonds is 11. The number of hydrogen-bond donors (Lipinski definition) is 0. The van der Waals surface area contributed by atoms with Gasteiger partial charge in [0.05, 0.1) is 0 Å². The summed E-state index contributed by atoms with van der Waals surface area (Å²) in [4.78, 5) is 0. The van der Waals surface area contributed by atoms with E-state index in [4.69, 9.17) is 0 Å². The van der Waals surface area contributed by atoms with Gasteiger partial charge in [-0.25, -0.2) is 0 Å². The molecule has 5 aromatic rings. The topological polar surface area (TPSA) is 0 Å². The predicted molar refractivity (Wildman–Crippen MR) is 249 cm³/mol. The normalized spacial score (nSPS) is 15.9. The Hall–Kier alpha value is -5.98. The van der Waals surface area contributed by atoms with Gasteiger partial charge in [-0.2, -0.15) is 0 Å². The Balaban J connectivity index is 0.990. The third-order valence-corrected chi connectivity index (χ3v) is 12.3. The monoisotopic (exact) mass is 740 g/mol. The maximum atomic E-state index is 4.31. The summed E-state index contributed by atoms with van der Waals surface area (Å²) in [5.74, 6) is 0.592. The number of fused-ring (bicyclic) bond motifs is 1. The maximum absolute atomic E-state index is 4.31. The fourth-order valence-electron chi connectivity index (χ4n) is 8.09. The lowest BCUT2D eigenvalue weighted by Crippen LogP contribution is -2.02. The number of hydrogen-bond acceptors (Lipinski definition) is 0. The Morgan fingerprint density at radius 1 is 0.719 bits per heavy atom. The van der Waals surface area contributed by atoms with Gasteiger partial charge >= 0.3 is 0 Å². The molecule has 0 fully saturated rings. The summed E-state index contributed by atoms with van der Waals surface area (Å²) in [5.41, 5.74) is 22.2. The SMILES string of the molecule is C=C(/C=C\c1ccc(/C=C\C(C)c2cccc(C(C)c3ccc(/C(C)=C/C=C4/C=Cc5ccc(-c6ccccc6)c(C)c5C4)cc3)c2)c(C)c1C)C1=CC=CCC1. The summed E-state index contributed by atoms with van der Waals surface area (Å²) < 4.78 is 0. The zero-order chi connectivity index (χ0) is 39.9. The van der Waals surface area contributed by atoms with E-state index >= 15 is 0 Å². The van der Waals surface area contributed by atoms with Gasteiger partial charge in [-0.3, -0.25) is 0 Å². The van der Waals surface area contributed by atoms with E-state index in [0.717, 1.165) is 24.8 Å². The van der Waals surface area contributed by atoms with E-state index in [9.17, 15) is 0 Å². The standard InChI is InChI=1S/C57H56/c1-39(21-24-46-25-28-53-35-36-56(45(7)57(53)37-46)52-17-12-9-13-18-52)48-29-31-51(32-30-48)44(6)55-20-14-19-54(38-55)41(3)23-27-50-34-33-49(42(4)43(50)5)26-22-40(2)47-15-10-8-11-16-47/h8-10,12-15,17-36,38,41,44H,2,11,16,37H2,1,3-7H3/b26-22-,27-23-,39-21+,46-24-. The van der Waals surface area contributed by atoms with Crippen LogP contribution in [0.15, 0.2) is 175 Å². The lowest BCUT2D eigenvalue weighted by atomic mass is 9.86. The van der Waals surface area contributed by atoms with Gasteiger partial charge in [0.2, 0.25) is 0 Å². The highest BCUT2D eigenvalue weighted by Gasteiger charge is 2.15. The maximum Gasteiger partial charge on any atom is 0.00611 e. The molecular formula is C57H56. The highest BCUT2D eigenvalue weighted by Crippen LogP contribution is 2.34. The Labute approximate surface area is 342 Å². The van der Waals surface area contributed by atoms with E-state index in [0.29, 0.717) is 11.8 Å². The molecule has 0 bridgehead atoms. The average Bonchev–Trinajstić information content (AvgIpc) is 3.26. The van der Waals surface area contributed by atoms with Gasteiger partial charge in [0.15, 0.2) is 0 Å². The summed E-state index contributed by atoms with van der Waals surface area (Å²) >= 11 is 0. The van der Waals surface area contributed by atoms with E-state index in [-0.39, 0.29) is 0 Å². The molecule has 284 valence electrons. The van der Waals surface area contributed by atoms with Crippen LogP contribution in [0, 0.1) is 20.8 Å². The summed E-state index contributed by atoms with van der Waals surface area (Å²) in [6.45, 7) is 17.9. The minimum absolute atomic E-state index is 0.296. The molecule has 0 aromatic heterocycles. The second kappa shape index (κ2) is 17.9. The van der Waals surface area contributed by atoms with Crippen molar-refractivity contribution in [1.29, 1.82) is 0 Å². The molecule has 0 heterocycles. The third kappa shape index (κ3) is 9.19. The van der Waals surface area contributed by atoms with Crippen molar-refractivity contribution in [2.45, 2.75) is 72.6 Å². The molecule has 0 amide bonds. The first-order valence-electron chi connectivity index (χ1n) is 20.6. The van der Waals surface area contributed by atoms with Crippen molar-refractivity contribution in [2.75, 3.05) is 0 Å². The zero-order valence-corrected chi connectivity index (χ0v) is 34.6. The molecular weight excluding hydrogens is 685 g/mol. The van der Waals surface area contributed by atoms with Crippen molar-refractivity contribution in [3.63, 3.8) is 0 Å². The van der Waals surface area contributed by atoms with Crippen LogP contribution < -0.4 is 0 Å². The molecule has 0 spiro atoms. The largest absolute Gasteiger partial charge is 0.0915 e. The Bertz CT molecular complexity index is 2480. The molecule has 57 heavy (non-hydrogen) atoms. The van der Waals surface area contributed by atoms with E-state index in [1.54, 1.807) is 0 Å².